The van der Waals surface area contributed by atoms with Crippen LogP contribution in [0.3, 0.4) is 0 Å². The average molecular weight is 295 g/mol. The standard InChI is InChI=1S/C14H21N3O4/c1-3-12-11(9(2)21-16-12)7-15-14(20)17-6-4-5-10(8-17)13(18)19/h10H,3-8H2,1-2H3,(H,15,20)(H,18,19). The summed E-state index contributed by atoms with van der Waals surface area (Å²) in [4.78, 5) is 24.7. The van der Waals surface area contributed by atoms with Crippen molar-refractivity contribution in [1.82, 2.24) is 15.4 Å². The van der Waals surface area contributed by atoms with E-state index in [4.69, 9.17) is 9.63 Å². The molecule has 0 aromatic carbocycles. The summed E-state index contributed by atoms with van der Waals surface area (Å²) in [7, 11) is 0. The zero-order chi connectivity index (χ0) is 15.4. The largest absolute Gasteiger partial charge is 0.481 e. The SMILES string of the molecule is CCc1noc(C)c1CNC(=O)N1CCCC(C(=O)O)C1. The molecule has 0 radical (unpaired) electrons. The Hall–Kier alpha value is -2.05. The van der Waals surface area contributed by atoms with Crippen molar-refractivity contribution in [3.63, 3.8) is 0 Å². The van der Waals surface area contributed by atoms with Gasteiger partial charge in [-0.25, -0.2) is 4.79 Å². The molecule has 1 fully saturated rings. The zero-order valence-corrected chi connectivity index (χ0v) is 12.4. The van der Waals surface area contributed by atoms with Gasteiger partial charge in [0.25, 0.3) is 0 Å². The van der Waals surface area contributed by atoms with Crippen LogP contribution in [0.5, 0.6) is 0 Å². The van der Waals surface area contributed by atoms with Crippen LogP contribution in [-0.4, -0.2) is 40.3 Å². The van der Waals surface area contributed by atoms with Crippen LogP contribution in [-0.2, 0) is 17.8 Å². The van der Waals surface area contributed by atoms with Gasteiger partial charge in [-0.05, 0) is 26.2 Å². The first kappa shape index (κ1) is 15.3. The summed E-state index contributed by atoms with van der Waals surface area (Å²) in [6.45, 7) is 5.01. The number of carboxylic acid groups (broad SMARTS) is 1. The Morgan fingerprint density at radius 3 is 2.95 bits per heavy atom. The Morgan fingerprint density at radius 1 is 1.52 bits per heavy atom. The number of amides is 2. The molecule has 1 saturated heterocycles. The predicted molar refractivity (Wildman–Crippen MR) is 74.8 cm³/mol. The lowest BCUT2D eigenvalue weighted by atomic mass is 9.99. The molecule has 1 aromatic rings. The number of aliphatic carboxylic acids is 1. The molecule has 7 nitrogen and oxygen atoms in total. The Bertz CT molecular complexity index is 526. The first-order valence-corrected chi connectivity index (χ1v) is 7.22. The normalized spacial score (nSPS) is 18.6. The maximum Gasteiger partial charge on any atom is 0.317 e. The maximum absolute atomic E-state index is 12.1. The van der Waals surface area contributed by atoms with E-state index < -0.39 is 11.9 Å². The second-order valence-corrected chi connectivity index (χ2v) is 5.30. The number of hydrogen-bond donors (Lipinski definition) is 2. The van der Waals surface area contributed by atoms with Crippen LogP contribution < -0.4 is 5.32 Å². The molecule has 2 N–H and O–H groups in total. The Kier molecular flexibility index (Phi) is 4.82. The first-order chi connectivity index (χ1) is 10.0. The second kappa shape index (κ2) is 6.60. The van der Waals surface area contributed by atoms with Crippen molar-refractivity contribution in [3.8, 4) is 0 Å². The van der Waals surface area contributed by atoms with E-state index in [0.29, 0.717) is 25.3 Å². The summed E-state index contributed by atoms with van der Waals surface area (Å²) in [6, 6.07) is -0.233. The minimum atomic E-state index is -0.837. The molecular weight excluding hydrogens is 274 g/mol. The van der Waals surface area contributed by atoms with Gasteiger partial charge in [0.1, 0.15) is 5.76 Å². The van der Waals surface area contributed by atoms with Crippen molar-refractivity contribution in [2.45, 2.75) is 39.7 Å². The average Bonchev–Trinajstić information content (AvgIpc) is 2.85. The number of nitrogens with one attached hydrogen (secondary N) is 1. The van der Waals surface area contributed by atoms with Crippen LogP contribution in [0.25, 0.3) is 0 Å². The van der Waals surface area contributed by atoms with E-state index in [1.165, 1.54) is 0 Å². The molecule has 1 atom stereocenters. The van der Waals surface area contributed by atoms with Gasteiger partial charge in [0.2, 0.25) is 0 Å². The maximum atomic E-state index is 12.1. The fraction of sp³-hybridized carbons (Fsp3) is 0.643. The zero-order valence-electron chi connectivity index (χ0n) is 12.4. The molecule has 7 heteroatoms. The number of rotatable bonds is 4. The number of nitrogens with zero attached hydrogens (tertiary/aromatic N) is 2. The third kappa shape index (κ3) is 3.53. The summed E-state index contributed by atoms with van der Waals surface area (Å²) in [5.74, 6) is -0.599. The van der Waals surface area contributed by atoms with Crippen molar-refractivity contribution in [2.24, 2.45) is 5.92 Å². The molecule has 1 aliphatic heterocycles. The topological polar surface area (TPSA) is 95.7 Å². The van der Waals surface area contributed by atoms with Crippen LogP contribution in [0.2, 0.25) is 0 Å². The summed E-state index contributed by atoms with van der Waals surface area (Å²) in [5.41, 5.74) is 1.74. The number of carbonyl (C=O) groups excluding carboxylic acids is 1. The fourth-order valence-electron chi connectivity index (χ4n) is 2.58. The number of aromatic nitrogens is 1. The summed E-state index contributed by atoms with van der Waals surface area (Å²) in [5, 5.41) is 15.8. The highest BCUT2D eigenvalue weighted by Crippen LogP contribution is 2.17. The molecule has 2 amide bonds. The molecule has 1 unspecified atom stereocenters. The molecule has 21 heavy (non-hydrogen) atoms. The van der Waals surface area contributed by atoms with Gasteiger partial charge >= 0.3 is 12.0 Å². The van der Waals surface area contributed by atoms with E-state index in [-0.39, 0.29) is 12.6 Å². The summed E-state index contributed by atoms with van der Waals surface area (Å²) >= 11 is 0. The van der Waals surface area contributed by atoms with Crippen LogP contribution in [0.4, 0.5) is 4.79 Å². The fourth-order valence-corrected chi connectivity index (χ4v) is 2.58. The number of urea groups is 1. The van der Waals surface area contributed by atoms with E-state index in [0.717, 1.165) is 24.1 Å². The Balaban J connectivity index is 1.92. The van der Waals surface area contributed by atoms with E-state index >= 15 is 0 Å². The summed E-state index contributed by atoms with van der Waals surface area (Å²) < 4.78 is 5.12. The van der Waals surface area contributed by atoms with Crippen molar-refractivity contribution in [1.29, 1.82) is 0 Å². The molecule has 0 aliphatic carbocycles. The van der Waals surface area contributed by atoms with Gasteiger partial charge in [-0.1, -0.05) is 12.1 Å². The molecule has 2 rings (SSSR count). The lowest BCUT2D eigenvalue weighted by molar-refractivity contribution is -0.143. The highest BCUT2D eigenvalue weighted by molar-refractivity contribution is 5.76. The van der Waals surface area contributed by atoms with Crippen molar-refractivity contribution in [2.75, 3.05) is 13.1 Å². The minimum absolute atomic E-state index is 0.233. The number of aryl methyl sites for hydroxylation is 2. The Morgan fingerprint density at radius 2 is 2.29 bits per heavy atom. The smallest absolute Gasteiger partial charge is 0.317 e. The number of carbonyl (C=O) groups is 2. The molecule has 0 saturated carbocycles. The van der Waals surface area contributed by atoms with Crippen LogP contribution in [0, 0.1) is 12.8 Å². The van der Waals surface area contributed by atoms with E-state index in [2.05, 4.69) is 10.5 Å². The number of carboxylic acids is 1. The highest BCUT2D eigenvalue weighted by atomic mass is 16.5. The summed E-state index contributed by atoms with van der Waals surface area (Å²) in [6.07, 6.45) is 2.09. The number of hydrogen-bond acceptors (Lipinski definition) is 4. The molecule has 2 heterocycles. The van der Waals surface area contributed by atoms with E-state index in [9.17, 15) is 9.59 Å². The highest BCUT2D eigenvalue weighted by Gasteiger charge is 2.28. The minimum Gasteiger partial charge on any atom is -0.481 e. The molecule has 1 aliphatic rings. The lowest BCUT2D eigenvalue weighted by Gasteiger charge is -2.30. The molecule has 1 aromatic heterocycles. The van der Waals surface area contributed by atoms with Crippen molar-refractivity contribution >= 4 is 12.0 Å². The van der Waals surface area contributed by atoms with Crippen LogP contribution in [0.1, 0.15) is 36.8 Å². The van der Waals surface area contributed by atoms with Crippen LogP contribution >= 0.6 is 0 Å². The second-order valence-electron chi connectivity index (χ2n) is 5.30. The molecule has 116 valence electrons. The van der Waals surface area contributed by atoms with Crippen LogP contribution in [0.15, 0.2) is 4.52 Å². The van der Waals surface area contributed by atoms with Gasteiger partial charge in [0, 0.05) is 25.2 Å². The van der Waals surface area contributed by atoms with E-state index in [1.54, 1.807) is 4.90 Å². The molecule has 0 spiro atoms. The van der Waals surface area contributed by atoms with Gasteiger partial charge in [0.15, 0.2) is 0 Å². The quantitative estimate of drug-likeness (QED) is 0.878. The van der Waals surface area contributed by atoms with Crippen molar-refractivity contribution in [3.05, 3.63) is 17.0 Å². The molecule has 0 bridgehead atoms. The lowest BCUT2D eigenvalue weighted by Crippen LogP contribution is -2.46. The first-order valence-electron chi connectivity index (χ1n) is 7.22. The van der Waals surface area contributed by atoms with Gasteiger partial charge in [-0.3, -0.25) is 4.79 Å². The monoisotopic (exact) mass is 295 g/mol. The van der Waals surface area contributed by atoms with Crippen molar-refractivity contribution < 1.29 is 19.2 Å². The third-order valence-corrected chi connectivity index (χ3v) is 3.88. The number of piperidine rings is 1. The van der Waals surface area contributed by atoms with E-state index in [1.807, 2.05) is 13.8 Å². The third-order valence-electron chi connectivity index (χ3n) is 3.88. The number of likely N-dealkylation sites (tertiary alicyclic amines) is 1. The van der Waals surface area contributed by atoms with Gasteiger partial charge in [-0.15, -0.1) is 0 Å². The van der Waals surface area contributed by atoms with Gasteiger partial charge in [-0.2, -0.15) is 0 Å². The van der Waals surface area contributed by atoms with Gasteiger partial charge in [0.05, 0.1) is 11.6 Å². The Labute approximate surface area is 123 Å². The predicted octanol–water partition coefficient (Wildman–Crippen LogP) is 1.55. The molecular formula is C14H21N3O4. The van der Waals surface area contributed by atoms with Gasteiger partial charge < -0.3 is 19.8 Å².